The third kappa shape index (κ3) is 8.31. The standard InChI is InChI=1S/C18H26ClNO4/c1-3-23-13-5-11-20(12-10-18(22)24-4-2)17(21)14-15-6-8-16(19)9-7-15/h6-9H,3-5,10-14H2,1-2H3. The first-order valence-electron chi connectivity index (χ1n) is 8.32. The van der Waals surface area contributed by atoms with Gasteiger partial charge in [-0.2, -0.15) is 0 Å². The lowest BCUT2D eigenvalue weighted by Crippen LogP contribution is -2.35. The number of benzene rings is 1. The van der Waals surface area contributed by atoms with Crippen LogP contribution in [-0.2, 0) is 25.5 Å². The van der Waals surface area contributed by atoms with Gasteiger partial charge < -0.3 is 14.4 Å². The molecule has 0 heterocycles. The van der Waals surface area contributed by atoms with Crippen LogP contribution in [0.1, 0.15) is 32.3 Å². The number of carbonyl (C=O) groups excluding carboxylic acids is 2. The second kappa shape index (κ2) is 11.9. The molecule has 0 saturated heterocycles. The largest absolute Gasteiger partial charge is 0.466 e. The fourth-order valence-corrected chi connectivity index (χ4v) is 2.34. The quantitative estimate of drug-likeness (QED) is 0.452. The van der Waals surface area contributed by atoms with Gasteiger partial charge in [-0.1, -0.05) is 23.7 Å². The third-order valence-corrected chi connectivity index (χ3v) is 3.69. The van der Waals surface area contributed by atoms with Gasteiger partial charge >= 0.3 is 5.97 Å². The molecule has 5 nitrogen and oxygen atoms in total. The van der Waals surface area contributed by atoms with Crippen LogP contribution in [0.2, 0.25) is 5.02 Å². The third-order valence-electron chi connectivity index (χ3n) is 3.43. The molecule has 1 rings (SSSR count). The number of amides is 1. The van der Waals surface area contributed by atoms with E-state index in [1.807, 2.05) is 19.1 Å². The van der Waals surface area contributed by atoms with E-state index in [2.05, 4.69) is 0 Å². The predicted molar refractivity (Wildman–Crippen MR) is 94.1 cm³/mol. The molecule has 0 aliphatic carbocycles. The van der Waals surface area contributed by atoms with Crippen LogP contribution < -0.4 is 0 Å². The van der Waals surface area contributed by atoms with Gasteiger partial charge in [0, 0.05) is 31.3 Å². The molecule has 1 aromatic rings. The number of ether oxygens (including phenoxy) is 2. The normalized spacial score (nSPS) is 10.5. The Morgan fingerprint density at radius 3 is 2.42 bits per heavy atom. The van der Waals surface area contributed by atoms with Crippen LogP contribution in [0.25, 0.3) is 0 Å². The molecule has 0 aliphatic heterocycles. The fourth-order valence-electron chi connectivity index (χ4n) is 2.21. The zero-order valence-corrected chi connectivity index (χ0v) is 15.2. The summed E-state index contributed by atoms with van der Waals surface area (Å²) in [5, 5.41) is 0.641. The van der Waals surface area contributed by atoms with Crippen molar-refractivity contribution in [2.45, 2.75) is 33.1 Å². The van der Waals surface area contributed by atoms with Gasteiger partial charge in [0.1, 0.15) is 0 Å². The Morgan fingerprint density at radius 1 is 1.08 bits per heavy atom. The highest BCUT2D eigenvalue weighted by molar-refractivity contribution is 6.30. The number of hydrogen-bond donors (Lipinski definition) is 0. The van der Waals surface area contributed by atoms with E-state index in [1.165, 1.54) is 0 Å². The molecule has 0 spiro atoms. The minimum atomic E-state index is -0.286. The molecule has 0 atom stereocenters. The van der Waals surface area contributed by atoms with E-state index in [0.29, 0.717) is 37.9 Å². The van der Waals surface area contributed by atoms with Crippen LogP contribution in [0, 0.1) is 0 Å². The Bertz CT molecular complexity index is 504. The summed E-state index contributed by atoms with van der Waals surface area (Å²) in [6.45, 7) is 6.22. The summed E-state index contributed by atoms with van der Waals surface area (Å²) >= 11 is 5.86. The van der Waals surface area contributed by atoms with Gasteiger partial charge in [0.25, 0.3) is 0 Å². The van der Waals surface area contributed by atoms with Gasteiger partial charge in [-0.15, -0.1) is 0 Å². The van der Waals surface area contributed by atoms with Gasteiger partial charge in [0.05, 0.1) is 19.4 Å². The molecule has 134 valence electrons. The smallest absolute Gasteiger partial charge is 0.307 e. The summed E-state index contributed by atoms with van der Waals surface area (Å²) in [4.78, 5) is 25.8. The molecule has 0 aliphatic rings. The molecule has 0 radical (unpaired) electrons. The van der Waals surface area contributed by atoms with E-state index < -0.39 is 0 Å². The van der Waals surface area contributed by atoms with Crippen LogP contribution in [0.4, 0.5) is 0 Å². The number of esters is 1. The maximum Gasteiger partial charge on any atom is 0.307 e. The van der Waals surface area contributed by atoms with E-state index in [9.17, 15) is 9.59 Å². The Hall–Kier alpha value is -1.59. The van der Waals surface area contributed by atoms with Crippen molar-refractivity contribution in [3.05, 3.63) is 34.9 Å². The van der Waals surface area contributed by atoms with Crippen molar-refractivity contribution in [3.63, 3.8) is 0 Å². The minimum absolute atomic E-state index is 0.0156. The lowest BCUT2D eigenvalue weighted by Gasteiger charge is -2.22. The number of halogens is 1. The first kappa shape index (κ1) is 20.5. The molecule has 0 bridgehead atoms. The molecular formula is C18H26ClNO4. The SMILES string of the molecule is CCOCCCN(CCC(=O)OCC)C(=O)Cc1ccc(Cl)cc1. The Kier molecular flexibility index (Phi) is 10.1. The molecular weight excluding hydrogens is 330 g/mol. The Morgan fingerprint density at radius 2 is 1.79 bits per heavy atom. The van der Waals surface area contributed by atoms with E-state index in [-0.39, 0.29) is 24.7 Å². The zero-order chi connectivity index (χ0) is 17.8. The van der Waals surface area contributed by atoms with Crippen LogP contribution >= 0.6 is 11.6 Å². The van der Waals surface area contributed by atoms with Crippen LogP contribution in [0.5, 0.6) is 0 Å². The first-order chi connectivity index (χ1) is 11.6. The molecule has 0 saturated carbocycles. The minimum Gasteiger partial charge on any atom is -0.466 e. The fraction of sp³-hybridized carbons (Fsp3) is 0.556. The van der Waals surface area contributed by atoms with Crippen LogP contribution in [0.3, 0.4) is 0 Å². The summed E-state index contributed by atoms with van der Waals surface area (Å²) in [6.07, 6.45) is 1.23. The van der Waals surface area contributed by atoms with E-state index in [0.717, 1.165) is 12.0 Å². The van der Waals surface area contributed by atoms with Gasteiger partial charge in [0.2, 0.25) is 5.91 Å². The van der Waals surface area contributed by atoms with E-state index >= 15 is 0 Å². The zero-order valence-electron chi connectivity index (χ0n) is 14.4. The summed E-state index contributed by atoms with van der Waals surface area (Å²) in [6, 6.07) is 7.21. The lowest BCUT2D eigenvalue weighted by atomic mass is 10.1. The van der Waals surface area contributed by atoms with Crippen LogP contribution in [0.15, 0.2) is 24.3 Å². The number of nitrogens with zero attached hydrogens (tertiary/aromatic N) is 1. The Balaban J connectivity index is 2.58. The Labute approximate surface area is 148 Å². The number of hydrogen-bond acceptors (Lipinski definition) is 4. The summed E-state index contributed by atoms with van der Waals surface area (Å²) in [5.74, 6) is -0.301. The monoisotopic (exact) mass is 355 g/mol. The van der Waals surface area contributed by atoms with E-state index in [1.54, 1.807) is 24.0 Å². The number of carbonyl (C=O) groups is 2. The molecule has 0 N–H and O–H groups in total. The molecule has 0 aromatic heterocycles. The molecule has 1 aromatic carbocycles. The van der Waals surface area contributed by atoms with Crippen molar-refractivity contribution < 1.29 is 19.1 Å². The molecule has 0 fully saturated rings. The predicted octanol–water partition coefficient (Wildman–Crippen LogP) is 3.09. The van der Waals surface area contributed by atoms with Gasteiger partial charge in [-0.05, 0) is 38.0 Å². The van der Waals surface area contributed by atoms with Gasteiger partial charge in [-0.3, -0.25) is 9.59 Å². The van der Waals surface area contributed by atoms with Crippen molar-refractivity contribution in [1.29, 1.82) is 0 Å². The molecule has 24 heavy (non-hydrogen) atoms. The summed E-state index contributed by atoms with van der Waals surface area (Å²) in [7, 11) is 0. The van der Waals surface area contributed by atoms with Crippen molar-refractivity contribution in [2.75, 3.05) is 32.9 Å². The van der Waals surface area contributed by atoms with Gasteiger partial charge in [-0.25, -0.2) is 0 Å². The topological polar surface area (TPSA) is 55.8 Å². The molecule has 0 unspecified atom stereocenters. The summed E-state index contributed by atoms with van der Waals surface area (Å²) < 4.78 is 10.2. The molecule has 6 heteroatoms. The average molecular weight is 356 g/mol. The van der Waals surface area contributed by atoms with Crippen LogP contribution in [-0.4, -0.2) is 49.7 Å². The first-order valence-corrected chi connectivity index (χ1v) is 8.70. The van der Waals surface area contributed by atoms with Gasteiger partial charge in [0.15, 0.2) is 0 Å². The highest BCUT2D eigenvalue weighted by Gasteiger charge is 2.16. The maximum atomic E-state index is 12.5. The summed E-state index contributed by atoms with van der Waals surface area (Å²) in [5.41, 5.74) is 0.898. The molecule has 1 amide bonds. The van der Waals surface area contributed by atoms with Crippen molar-refractivity contribution in [3.8, 4) is 0 Å². The average Bonchev–Trinajstić information content (AvgIpc) is 2.56. The second-order valence-electron chi connectivity index (χ2n) is 5.29. The highest BCUT2D eigenvalue weighted by Crippen LogP contribution is 2.11. The van der Waals surface area contributed by atoms with Crippen molar-refractivity contribution in [2.24, 2.45) is 0 Å². The van der Waals surface area contributed by atoms with Crippen molar-refractivity contribution in [1.82, 2.24) is 4.90 Å². The highest BCUT2D eigenvalue weighted by atomic mass is 35.5. The van der Waals surface area contributed by atoms with E-state index in [4.69, 9.17) is 21.1 Å². The van der Waals surface area contributed by atoms with Crippen molar-refractivity contribution >= 4 is 23.5 Å². The number of rotatable bonds is 11. The second-order valence-corrected chi connectivity index (χ2v) is 5.73. The lowest BCUT2D eigenvalue weighted by molar-refractivity contribution is -0.144. The maximum absolute atomic E-state index is 12.5.